The Morgan fingerprint density at radius 2 is 1.82 bits per heavy atom. The molecule has 0 aliphatic rings. The smallest absolute Gasteiger partial charge is 0.356 e. The monoisotopic (exact) mass is 234 g/mol. The lowest BCUT2D eigenvalue weighted by atomic mass is 9.90. The van der Waals surface area contributed by atoms with Crippen LogP contribution in [0.25, 0.3) is 0 Å². The first kappa shape index (κ1) is 13.1. The number of carbonyl (C=O) groups is 1. The van der Waals surface area contributed by atoms with Crippen LogP contribution in [0.1, 0.15) is 29.0 Å². The molecule has 0 fully saturated rings. The van der Waals surface area contributed by atoms with Crippen molar-refractivity contribution in [1.29, 1.82) is 0 Å². The van der Waals surface area contributed by atoms with Crippen LogP contribution < -0.4 is 0 Å². The van der Waals surface area contributed by atoms with Gasteiger partial charge >= 0.3 is 5.97 Å². The van der Waals surface area contributed by atoms with E-state index in [2.05, 4.69) is 23.1 Å². The predicted octanol–water partition coefficient (Wildman–Crippen LogP) is 1.51. The summed E-state index contributed by atoms with van der Waals surface area (Å²) < 4.78 is 0. The Balaban J connectivity index is 3.31. The molecule has 0 atom stereocenters. The minimum absolute atomic E-state index is 0.0345. The Bertz CT molecular complexity index is 433. The lowest BCUT2D eigenvalue weighted by Crippen LogP contribution is -2.29. The molecule has 1 aromatic heterocycles. The second-order valence-electron chi connectivity index (χ2n) is 3.58. The molecule has 17 heavy (non-hydrogen) atoms. The number of aromatic nitrogens is 2. The third-order valence-electron chi connectivity index (χ3n) is 2.31. The molecule has 0 radical (unpaired) electrons. The molecule has 0 saturated carbocycles. The molecule has 0 aromatic carbocycles. The van der Waals surface area contributed by atoms with Crippen molar-refractivity contribution in [2.45, 2.75) is 18.4 Å². The molecule has 0 aliphatic carbocycles. The van der Waals surface area contributed by atoms with E-state index in [1.807, 2.05) is 0 Å². The van der Waals surface area contributed by atoms with E-state index in [0.29, 0.717) is 0 Å². The van der Waals surface area contributed by atoms with Crippen LogP contribution in [0, 0.1) is 0 Å². The van der Waals surface area contributed by atoms with E-state index in [-0.39, 0.29) is 24.2 Å². The van der Waals surface area contributed by atoms with Crippen LogP contribution in [0.3, 0.4) is 0 Å². The summed E-state index contributed by atoms with van der Waals surface area (Å²) in [6.45, 7) is 7.08. The molecule has 0 saturated heterocycles. The summed E-state index contributed by atoms with van der Waals surface area (Å²) in [6.07, 6.45) is 5.98. The average Bonchev–Trinajstić information content (AvgIpc) is 2.29. The van der Waals surface area contributed by atoms with Gasteiger partial charge in [0.05, 0.1) is 0 Å². The Hall–Kier alpha value is -2.01. The van der Waals surface area contributed by atoms with Gasteiger partial charge in [-0.2, -0.15) is 0 Å². The summed E-state index contributed by atoms with van der Waals surface area (Å²) in [5, 5.41) is 19.4. The molecule has 1 heterocycles. The van der Waals surface area contributed by atoms with Crippen molar-refractivity contribution >= 4 is 5.97 Å². The summed E-state index contributed by atoms with van der Waals surface area (Å²) in [5.41, 5.74) is -1.64. The van der Waals surface area contributed by atoms with Gasteiger partial charge in [0.2, 0.25) is 0 Å². The molecule has 0 bridgehead atoms. The highest BCUT2D eigenvalue weighted by Gasteiger charge is 2.33. The van der Waals surface area contributed by atoms with Crippen molar-refractivity contribution in [2.24, 2.45) is 0 Å². The first-order chi connectivity index (χ1) is 8.05. The highest BCUT2D eigenvalue weighted by atomic mass is 16.4. The zero-order chi connectivity index (χ0) is 12.9. The standard InChI is InChI=1S/C12H14N2O3/c1-3-5-12(17,6-4-2)10-9(11(15)16)13-7-8-14-10/h3-4,7-8,17H,1-2,5-6H2,(H,15,16). The number of nitrogens with zero attached hydrogens (tertiary/aromatic N) is 2. The van der Waals surface area contributed by atoms with Gasteiger partial charge < -0.3 is 10.2 Å². The van der Waals surface area contributed by atoms with Gasteiger partial charge in [-0.25, -0.2) is 9.78 Å². The number of carboxylic acid groups (broad SMARTS) is 1. The minimum atomic E-state index is -1.43. The van der Waals surface area contributed by atoms with Crippen LogP contribution in [0.5, 0.6) is 0 Å². The number of hydrogen-bond acceptors (Lipinski definition) is 4. The van der Waals surface area contributed by atoms with Crippen LogP contribution in [0.15, 0.2) is 37.7 Å². The van der Waals surface area contributed by atoms with E-state index in [4.69, 9.17) is 5.11 Å². The first-order valence-corrected chi connectivity index (χ1v) is 5.04. The van der Waals surface area contributed by atoms with Gasteiger partial charge in [-0.3, -0.25) is 4.98 Å². The largest absolute Gasteiger partial charge is 0.476 e. The molecule has 1 rings (SSSR count). The highest BCUT2D eigenvalue weighted by molar-refractivity contribution is 5.86. The molecule has 0 spiro atoms. The lowest BCUT2D eigenvalue weighted by molar-refractivity contribution is 0.0345. The van der Waals surface area contributed by atoms with E-state index in [1.165, 1.54) is 24.5 Å². The average molecular weight is 234 g/mol. The third-order valence-corrected chi connectivity index (χ3v) is 2.31. The zero-order valence-electron chi connectivity index (χ0n) is 9.33. The molecular weight excluding hydrogens is 220 g/mol. The van der Waals surface area contributed by atoms with Gasteiger partial charge in [0.1, 0.15) is 11.3 Å². The molecule has 90 valence electrons. The van der Waals surface area contributed by atoms with Crippen molar-refractivity contribution < 1.29 is 15.0 Å². The van der Waals surface area contributed by atoms with E-state index >= 15 is 0 Å². The zero-order valence-corrected chi connectivity index (χ0v) is 9.33. The number of carboxylic acids is 1. The molecule has 0 aliphatic heterocycles. The van der Waals surface area contributed by atoms with Gasteiger partial charge in [-0.15, -0.1) is 13.2 Å². The van der Waals surface area contributed by atoms with Gasteiger partial charge in [-0.1, -0.05) is 12.2 Å². The van der Waals surface area contributed by atoms with Gasteiger partial charge in [0.25, 0.3) is 0 Å². The molecule has 2 N–H and O–H groups in total. The van der Waals surface area contributed by atoms with Crippen LogP contribution >= 0.6 is 0 Å². The fraction of sp³-hybridized carbons (Fsp3) is 0.250. The van der Waals surface area contributed by atoms with Crippen molar-refractivity contribution in [2.75, 3.05) is 0 Å². The van der Waals surface area contributed by atoms with Crippen LogP contribution in [0.4, 0.5) is 0 Å². The topological polar surface area (TPSA) is 83.3 Å². The van der Waals surface area contributed by atoms with Crippen LogP contribution in [0.2, 0.25) is 0 Å². The van der Waals surface area contributed by atoms with Crippen molar-refractivity contribution in [3.05, 3.63) is 49.1 Å². The second kappa shape index (κ2) is 5.36. The van der Waals surface area contributed by atoms with Gasteiger partial charge in [-0.05, 0) is 12.8 Å². The molecule has 5 heteroatoms. The Morgan fingerprint density at radius 1 is 1.29 bits per heavy atom. The van der Waals surface area contributed by atoms with Crippen molar-refractivity contribution in [3.63, 3.8) is 0 Å². The lowest BCUT2D eigenvalue weighted by Gasteiger charge is -2.25. The number of aliphatic hydroxyl groups is 1. The number of hydrogen-bond donors (Lipinski definition) is 2. The Morgan fingerprint density at radius 3 is 2.29 bits per heavy atom. The molecule has 0 unspecified atom stereocenters. The highest BCUT2D eigenvalue weighted by Crippen LogP contribution is 2.29. The summed E-state index contributed by atoms with van der Waals surface area (Å²) in [7, 11) is 0. The molecule has 0 amide bonds. The van der Waals surface area contributed by atoms with Gasteiger partial charge in [0.15, 0.2) is 5.69 Å². The summed E-state index contributed by atoms with van der Waals surface area (Å²) in [6, 6.07) is 0. The minimum Gasteiger partial charge on any atom is -0.476 e. The fourth-order valence-corrected chi connectivity index (χ4v) is 1.59. The van der Waals surface area contributed by atoms with Crippen molar-refractivity contribution in [1.82, 2.24) is 9.97 Å². The molecule has 5 nitrogen and oxygen atoms in total. The predicted molar refractivity (Wildman–Crippen MR) is 62.5 cm³/mol. The number of aromatic carboxylic acids is 1. The first-order valence-electron chi connectivity index (χ1n) is 5.04. The maximum Gasteiger partial charge on any atom is 0.356 e. The SMILES string of the molecule is C=CCC(O)(CC=C)c1nccnc1C(=O)O. The molecule has 1 aromatic rings. The third kappa shape index (κ3) is 2.76. The Labute approximate surface area is 99.2 Å². The normalized spacial score (nSPS) is 10.9. The quantitative estimate of drug-likeness (QED) is 0.729. The fourth-order valence-electron chi connectivity index (χ4n) is 1.59. The van der Waals surface area contributed by atoms with E-state index in [9.17, 15) is 9.90 Å². The van der Waals surface area contributed by atoms with Crippen LogP contribution in [-0.4, -0.2) is 26.2 Å². The van der Waals surface area contributed by atoms with E-state index in [0.717, 1.165) is 0 Å². The maximum atomic E-state index is 11.0. The second-order valence-corrected chi connectivity index (χ2v) is 3.58. The number of rotatable bonds is 6. The van der Waals surface area contributed by atoms with E-state index < -0.39 is 11.6 Å². The summed E-state index contributed by atoms with van der Waals surface area (Å²) >= 11 is 0. The Kier molecular flexibility index (Phi) is 4.12. The van der Waals surface area contributed by atoms with E-state index in [1.54, 1.807) is 0 Å². The van der Waals surface area contributed by atoms with Crippen LogP contribution in [-0.2, 0) is 5.60 Å². The van der Waals surface area contributed by atoms with Crippen molar-refractivity contribution in [3.8, 4) is 0 Å². The summed E-state index contributed by atoms with van der Waals surface area (Å²) in [5.74, 6) is -1.22. The maximum absolute atomic E-state index is 11.0. The van der Waals surface area contributed by atoms with Gasteiger partial charge in [0, 0.05) is 12.4 Å². The molecular formula is C12H14N2O3. The summed E-state index contributed by atoms with van der Waals surface area (Å²) in [4.78, 5) is 18.7.